The van der Waals surface area contributed by atoms with E-state index in [4.69, 9.17) is 17.3 Å². The predicted molar refractivity (Wildman–Crippen MR) is 78.2 cm³/mol. The van der Waals surface area contributed by atoms with Crippen molar-refractivity contribution < 1.29 is 4.39 Å². The first-order valence-corrected chi connectivity index (χ1v) is 6.63. The van der Waals surface area contributed by atoms with Crippen LogP contribution in [0.4, 0.5) is 10.3 Å². The Bertz CT molecular complexity index is 785. The van der Waals surface area contributed by atoms with Crippen LogP contribution in [0.2, 0.25) is 5.02 Å². The zero-order valence-corrected chi connectivity index (χ0v) is 11.9. The van der Waals surface area contributed by atoms with Gasteiger partial charge in [-0.3, -0.25) is 4.57 Å². The Morgan fingerprint density at radius 3 is 2.79 bits per heavy atom. The summed E-state index contributed by atoms with van der Waals surface area (Å²) in [5.41, 5.74) is 8.03. The van der Waals surface area contributed by atoms with Crippen LogP contribution in [0.1, 0.15) is 0 Å². The molecule has 1 aromatic heterocycles. The van der Waals surface area contributed by atoms with Crippen molar-refractivity contribution in [3.63, 3.8) is 0 Å². The number of anilines is 1. The molecular weight excluding hydrogens is 333 g/mol. The van der Waals surface area contributed by atoms with E-state index in [0.29, 0.717) is 32.2 Å². The molecule has 0 atom stereocenters. The first-order valence-electron chi connectivity index (χ1n) is 5.46. The minimum Gasteiger partial charge on any atom is -0.369 e. The van der Waals surface area contributed by atoms with Crippen LogP contribution < -0.4 is 5.73 Å². The number of nitrogens with zero attached hydrogens (tertiary/aromatic N) is 2. The van der Waals surface area contributed by atoms with Gasteiger partial charge in [0.05, 0.1) is 21.7 Å². The minimum absolute atomic E-state index is 0.301. The second kappa shape index (κ2) is 4.51. The van der Waals surface area contributed by atoms with Gasteiger partial charge in [0.15, 0.2) is 0 Å². The molecule has 3 rings (SSSR count). The summed E-state index contributed by atoms with van der Waals surface area (Å²) in [4.78, 5) is 4.26. The van der Waals surface area contributed by atoms with E-state index in [2.05, 4.69) is 20.9 Å². The molecule has 0 aliphatic rings. The van der Waals surface area contributed by atoms with Crippen molar-refractivity contribution in [1.29, 1.82) is 0 Å². The molecule has 0 aliphatic heterocycles. The number of nitrogens with two attached hydrogens (primary N) is 1. The lowest BCUT2D eigenvalue weighted by molar-refractivity contribution is 0.626. The monoisotopic (exact) mass is 339 g/mol. The molecule has 96 valence electrons. The third-order valence-corrected chi connectivity index (χ3v) is 3.74. The molecule has 0 aliphatic carbocycles. The summed E-state index contributed by atoms with van der Waals surface area (Å²) < 4.78 is 15.4. The fraction of sp³-hybridized carbons (Fsp3) is 0. The second-order valence-corrected chi connectivity index (χ2v) is 5.27. The van der Waals surface area contributed by atoms with Gasteiger partial charge in [0.25, 0.3) is 0 Å². The average Bonchev–Trinajstić information content (AvgIpc) is 2.67. The molecule has 0 unspecified atom stereocenters. The van der Waals surface area contributed by atoms with Crippen molar-refractivity contribution in [2.45, 2.75) is 0 Å². The van der Waals surface area contributed by atoms with Crippen molar-refractivity contribution in [3.8, 4) is 5.69 Å². The first kappa shape index (κ1) is 12.4. The molecule has 3 aromatic rings. The molecule has 0 fully saturated rings. The maximum Gasteiger partial charge on any atom is 0.206 e. The Morgan fingerprint density at radius 2 is 2.05 bits per heavy atom. The van der Waals surface area contributed by atoms with Gasteiger partial charge in [-0.1, -0.05) is 17.7 Å². The molecule has 3 nitrogen and oxygen atoms in total. The van der Waals surface area contributed by atoms with Crippen LogP contribution in [0.15, 0.2) is 40.9 Å². The predicted octanol–water partition coefficient (Wildman–Crippen LogP) is 4.16. The number of nitrogen functional groups attached to an aromatic ring is 1. The number of aromatic nitrogens is 2. The quantitative estimate of drug-likeness (QED) is 0.723. The van der Waals surface area contributed by atoms with Gasteiger partial charge in [-0.25, -0.2) is 9.37 Å². The summed E-state index contributed by atoms with van der Waals surface area (Å²) in [6.45, 7) is 0. The molecule has 0 spiro atoms. The number of rotatable bonds is 1. The second-order valence-electron chi connectivity index (χ2n) is 4.01. The van der Waals surface area contributed by atoms with Crippen LogP contribution in [0.25, 0.3) is 16.7 Å². The highest BCUT2D eigenvalue weighted by atomic mass is 79.9. The molecule has 6 heteroatoms. The topological polar surface area (TPSA) is 43.8 Å². The zero-order chi connectivity index (χ0) is 13.6. The highest BCUT2D eigenvalue weighted by Crippen LogP contribution is 2.32. The molecule has 2 aromatic carbocycles. The Kier molecular flexibility index (Phi) is 2.95. The number of hydrogen-bond acceptors (Lipinski definition) is 2. The molecule has 0 amide bonds. The van der Waals surface area contributed by atoms with Gasteiger partial charge in [0.1, 0.15) is 5.82 Å². The molecule has 19 heavy (non-hydrogen) atoms. The van der Waals surface area contributed by atoms with Crippen LogP contribution in [0.5, 0.6) is 0 Å². The van der Waals surface area contributed by atoms with Crippen molar-refractivity contribution >= 4 is 44.5 Å². The maximum atomic E-state index is 13.2. The summed E-state index contributed by atoms with van der Waals surface area (Å²) in [5.74, 6) is -0.0277. The standard InChI is InChI=1S/C13H8BrClFN3/c14-8-6-7(16)4-5-11(8)19-12-9(15)2-1-3-10(12)18-13(19)17/h1-6H,(H2,17,18). The smallest absolute Gasteiger partial charge is 0.206 e. The zero-order valence-electron chi connectivity index (χ0n) is 9.57. The van der Waals surface area contributed by atoms with Gasteiger partial charge in [0.2, 0.25) is 5.95 Å². The highest BCUT2D eigenvalue weighted by molar-refractivity contribution is 9.10. The van der Waals surface area contributed by atoms with E-state index < -0.39 is 0 Å². The summed E-state index contributed by atoms with van der Waals surface area (Å²) in [7, 11) is 0. The number of benzene rings is 2. The van der Waals surface area contributed by atoms with E-state index in [1.54, 1.807) is 22.8 Å². The van der Waals surface area contributed by atoms with Gasteiger partial charge in [-0.2, -0.15) is 0 Å². The SMILES string of the molecule is Nc1nc2cccc(Cl)c2n1-c1ccc(F)cc1Br. The maximum absolute atomic E-state index is 13.2. The summed E-state index contributed by atoms with van der Waals surface area (Å²) >= 11 is 9.53. The van der Waals surface area contributed by atoms with E-state index in [1.165, 1.54) is 12.1 Å². The molecule has 2 N–H and O–H groups in total. The molecule has 0 radical (unpaired) electrons. The van der Waals surface area contributed by atoms with Crippen LogP contribution in [0.3, 0.4) is 0 Å². The van der Waals surface area contributed by atoms with Gasteiger partial charge < -0.3 is 5.73 Å². The molecular formula is C13H8BrClFN3. The number of imidazole rings is 1. The first-order chi connectivity index (χ1) is 9.08. The van der Waals surface area contributed by atoms with E-state index in [9.17, 15) is 4.39 Å². The summed E-state index contributed by atoms with van der Waals surface area (Å²) in [5, 5.41) is 0.540. The van der Waals surface area contributed by atoms with Crippen molar-refractivity contribution in [1.82, 2.24) is 9.55 Å². The lowest BCUT2D eigenvalue weighted by Crippen LogP contribution is -2.02. The van der Waals surface area contributed by atoms with Gasteiger partial charge in [0, 0.05) is 4.47 Å². The van der Waals surface area contributed by atoms with Crippen LogP contribution >= 0.6 is 27.5 Å². The lowest BCUT2D eigenvalue weighted by Gasteiger charge is -2.09. The summed E-state index contributed by atoms with van der Waals surface area (Å²) in [6.07, 6.45) is 0. The van der Waals surface area contributed by atoms with Gasteiger partial charge >= 0.3 is 0 Å². The largest absolute Gasteiger partial charge is 0.369 e. The Morgan fingerprint density at radius 1 is 1.26 bits per heavy atom. The molecule has 0 saturated carbocycles. The number of fused-ring (bicyclic) bond motifs is 1. The normalized spacial score (nSPS) is 11.1. The van der Waals surface area contributed by atoms with Crippen LogP contribution in [-0.2, 0) is 0 Å². The average molecular weight is 341 g/mol. The van der Waals surface area contributed by atoms with E-state index in [-0.39, 0.29) is 5.82 Å². The molecule has 0 saturated heterocycles. The van der Waals surface area contributed by atoms with Gasteiger partial charge in [-0.05, 0) is 46.3 Å². The van der Waals surface area contributed by atoms with E-state index in [0.717, 1.165) is 0 Å². The van der Waals surface area contributed by atoms with Crippen LogP contribution in [0, 0.1) is 5.82 Å². The minimum atomic E-state index is -0.329. The molecule has 1 heterocycles. The van der Waals surface area contributed by atoms with Crippen molar-refractivity contribution in [2.75, 3.05) is 5.73 Å². The molecule has 0 bridgehead atoms. The highest BCUT2D eigenvalue weighted by Gasteiger charge is 2.15. The fourth-order valence-corrected chi connectivity index (χ4v) is 2.79. The lowest BCUT2D eigenvalue weighted by atomic mass is 10.2. The Labute approximate surface area is 121 Å². The third-order valence-electron chi connectivity index (χ3n) is 2.80. The number of para-hydroxylation sites is 1. The van der Waals surface area contributed by atoms with Crippen LogP contribution in [-0.4, -0.2) is 9.55 Å². The van der Waals surface area contributed by atoms with Gasteiger partial charge in [-0.15, -0.1) is 0 Å². The Balaban J connectivity index is 2.39. The van der Waals surface area contributed by atoms with E-state index in [1.807, 2.05) is 6.07 Å². The van der Waals surface area contributed by atoms with E-state index >= 15 is 0 Å². The van der Waals surface area contributed by atoms with Crippen molar-refractivity contribution in [3.05, 3.63) is 51.7 Å². The fourth-order valence-electron chi connectivity index (χ4n) is 2.01. The summed E-state index contributed by atoms with van der Waals surface area (Å²) in [6, 6.07) is 9.76. The Hall–Kier alpha value is -1.59. The number of halogens is 3. The third kappa shape index (κ3) is 1.99. The number of hydrogen-bond donors (Lipinski definition) is 1. The van der Waals surface area contributed by atoms with Crippen molar-refractivity contribution in [2.24, 2.45) is 0 Å².